The van der Waals surface area contributed by atoms with Gasteiger partial charge in [-0.15, -0.1) is 11.3 Å². The number of hydrogen-bond donors (Lipinski definition) is 4. The second-order valence-electron chi connectivity index (χ2n) is 16.0. The van der Waals surface area contributed by atoms with E-state index >= 15 is 0 Å². The molecule has 12 nitrogen and oxygen atoms in total. The minimum absolute atomic E-state index is 0.00724. The lowest BCUT2D eigenvalue weighted by Gasteiger charge is -2.36. The van der Waals surface area contributed by atoms with Gasteiger partial charge in [-0.05, 0) is 96.1 Å². The van der Waals surface area contributed by atoms with Crippen molar-refractivity contribution in [3.63, 3.8) is 0 Å². The van der Waals surface area contributed by atoms with Crippen LogP contribution in [0.3, 0.4) is 0 Å². The van der Waals surface area contributed by atoms with Gasteiger partial charge in [-0.3, -0.25) is 19.2 Å². The average Bonchev–Trinajstić information content (AvgIpc) is 3.70. The Kier molecular flexibility index (Phi) is 28.5. The number of aliphatic hydroxyl groups is 1. The van der Waals surface area contributed by atoms with Crippen molar-refractivity contribution >= 4 is 40.8 Å². The molecule has 1 aromatic carbocycles. The van der Waals surface area contributed by atoms with E-state index in [-0.39, 0.29) is 42.1 Å². The van der Waals surface area contributed by atoms with E-state index in [0.29, 0.717) is 30.0 Å². The molecular weight excluding hydrogens is 774 g/mol. The third-order valence-corrected chi connectivity index (χ3v) is 11.0. The van der Waals surface area contributed by atoms with Crippen molar-refractivity contribution in [3.05, 3.63) is 45.7 Å². The number of unbranched alkanes of at least 4 members (excludes halogenated alkanes) is 4. The number of benzene rings is 1. The summed E-state index contributed by atoms with van der Waals surface area (Å²) in [5, 5.41) is 21.6. The molecule has 2 amide bonds. The number of halogens is 1. The molecule has 3 rings (SSSR count). The number of nitrogens with zero attached hydrogens (tertiary/aromatic N) is 3. The van der Waals surface area contributed by atoms with Crippen molar-refractivity contribution in [2.75, 3.05) is 39.5 Å². The number of aromatic nitrogens is 1. The molecule has 1 aromatic heterocycles. The normalized spacial score (nSPS) is 14.2. The molecule has 59 heavy (non-hydrogen) atoms. The molecule has 1 fully saturated rings. The van der Waals surface area contributed by atoms with Crippen LogP contribution in [0.5, 0.6) is 0 Å². The highest BCUT2D eigenvalue weighted by molar-refractivity contribution is 7.09. The number of ether oxygens (including phenoxy) is 1. The summed E-state index contributed by atoms with van der Waals surface area (Å²) in [5.74, 6) is -2.50. The number of rotatable bonds is 21. The zero-order valence-electron chi connectivity index (χ0n) is 38.1. The van der Waals surface area contributed by atoms with Crippen molar-refractivity contribution in [2.45, 2.75) is 164 Å². The number of hydrogen-bond acceptors (Lipinski definition) is 10. The van der Waals surface area contributed by atoms with E-state index in [1.807, 2.05) is 32.6 Å². The van der Waals surface area contributed by atoms with Gasteiger partial charge in [0.1, 0.15) is 16.5 Å². The lowest BCUT2D eigenvalue weighted by Crippen LogP contribution is -2.45. The van der Waals surface area contributed by atoms with Crippen LogP contribution in [0, 0.1) is 17.2 Å². The van der Waals surface area contributed by atoms with Crippen LogP contribution in [-0.2, 0) is 25.5 Å². The zero-order chi connectivity index (χ0) is 45.1. The standard InChI is InChI=1S/C36H55FN4O6S.C6H13N.C2H6.CH4O/c1-8-10-12-13-17-41(32(43)14-11-9-2)30(23(3)4)20-31(47-24(5)42)34-40-29(22-48-34)33(44)39-26(21-36(6,7)35(45)46)18-25-15-16-28(38)27(37)19-25;1-7-5-3-2-4-6-7;2*1-2/h15-16,19,22-23,26,30-31H,8-14,17-18,20-21,38H2,1-7H3,(H,39,44)(H,45,46);2-6H2,1H3;1-2H3;2H,1H3. The Bertz CT molecular complexity index is 1500. The highest BCUT2D eigenvalue weighted by Gasteiger charge is 2.34. The van der Waals surface area contributed by atoms with Gasteiger partial charge in [0.2, 0.25) is 5.91 Å². The van der Waals surface area contributed by atoms with E-state index in [4.69, 9.17) is 15.6 Å². The summed E-state index contributed by atoms with van der Waals surface area (Å²) in [6, 6.07) is 3.47. The number of nitrogen functional groups attached to an aromatic ring is 1. The molecule has 3 atom stereocenters. The lowest BCUT2D eigenvalue weighted by atomic mass is 9.84. The molecule has 2 heterocycles. The van der Waals surface area contributed by atoms with Crippen LogP contribution >= 0.6 is 11.3 Å². The SMILES string of the molecule is CC.CCCCCCN(C(=O)CCCC)C(CC(OC(C)=O)c1nc(C(=O)NC(Cc2ccc(N)c(F)c2)CC(C)(C)C(=O)O)cs1)C(C)C.CN1CCCCC1.CO. The van der Waals surface area contributed by atoms with Gasteiger partial charge in [0, 0.05) is 50.9 Å². The number of thiazole rings is 1. The molecule has 0 spiro atoms. The number of likely N-dealkylation sites (tertiary alicyclic amines) is 1. The number of carboxylic acid groups (broad SMARTS) is 1. The Hall–Kier alpha value is -3.62. The number of esters is 1. The van der Waals surface area contributed by atoms with Crippen molar-refractivity contribution in [2.24, 2.45) is 11.3 Å². The number of aliphatic carboxylic acids is 1. The first-order valence-corrected chi connectivity index (χ1v) is 22.5. The maximum Gasteiger partial charge on any atom is 0.309 e. The summed E-state index contributed by atoms with van der Waals surface area (Å²) in [5.41, 5.74) is 5.08. The van der Waals surface area contributed by atoms with E-state index in [9.17, 15) is 28.7 Å². The van der Waals surface area contributed by atoms with Crippen LogP contribution in [0.4, 0.5) is 10.1 Å². The van der Waals surface area contributed by atoms with Gasteiger partial charge in [-0.25, -0.2) is 9.37 Å². The van der Waals surface area contributed by atoms with Crippen LogP contribution < -0.4 is 11.1 Å². The summed E-state index contributed by atoms with van der Waals surface area (Å²) in [4.78, 5) is 60.1. The van der Waals surface area contributed by atoms with E-state index in [1.165, 1.54) is 62.7 Å². The van der Waals surface area contributed by atoms with Crippen LogP contribution in [-0.4, -0.2) is 94.6 Å². The molecule has 338 valence electrons. The largest absolute Gasteiger partial charge is 0.481 e. The number of nitrogens with two attached hydrogens (primary N) is 1. The molecule has 0 saturated carbocycles. The molecule has 1 saturated heterocycles. The van der Waals surface area contributed by atoms with Gasteiger partial charge >= 0.3 is 11.9 Å². The second kappa shape index (κ2) is 30.4. The van der Waals surface area contributed by atoms with Crippen LogP contribution in [0.15, 0.2) is 23.6 Å². The lowest BCUT2D eigenvalue weighted by molar-refractivity contribution is -0.149. The number of aliphatic hydroxyl groups excluding tert-OH is 1. The fraction of sp³-hybridized carbons (Fsp3) is 0.711. The molecule has 1 aliphatic heterocycles. The topological polar surface area (TPSA) is 175 Å². The maximum atomic E-state index is 14.2. The maximum absolute atomic E-state index is 14.2. The fourth-order valence-electron chi connectivity index (χ4n) is 6.75. The summed E-state index contributed by atoms with van der Waals surface area (Å²) < 4.78 is 20.0. The van der Waals surface area contributed by atoms with Crippen LogP contribution in [0.1, 0.15) is 167 Å². The quantitative estimate of drug-likeness (QED) is 0.0539. The number of nitrogens with one attached hydrogen (secondary N) is 1. The van der Waals surface area contributed by atoms with Crippen molar-refractivity contribution < 1.29 is 38.5 Å². The van der Waals surface area contributed by atoms with E-state index in [0.717, 1.165) is 45.6 Å². The minimum Gasteiger partial charge on any atom is -0.481 e. The molecule has 1 aliphatic rings. The number of carbonyl (C=O) groups is 4. The monoisotopic (exact) mass is 852 g/mol. The first kappa shape index (κ1) is 55.4. The Morgan fingerprint density at radius 2 is 1.66 bits per heavy atom. The predicted molar refractivity (Wildman–Crippen MR) is 238 cm³/mol. The van der Waals surface area contributed by atoms with Gasteiger partial charge in [0.25, 0.3) is 5.91 Å². The highest BCUT2D eigenvalue weighted by Crippen LogP contribution is 2.32. The third kappa shape index (κ3) is 21.5. The molecule has 0 aliphatic carbocycles. The number of amides is 2. The van der Waals surface area contributed by atoms with E-state index < -0.39 is 41.2 Å². The highest BCUT2D eigenvalue weighted by atomic mass is 32.1. The average molecular weight is 852 g/mol. The Morgan fingerprint density at radius 1 is 1.03 bits per heavy atom. The molecule has 0 bridgehead atoms. The van der Waals surface area contributed by atoms with Gasteiger partial charge in [0.05, 0.1) is 11.1 Å². The Labute approximate surface area is 358 Å². The van der Waals surface area contributed by atoms with Crippen molar-refractivity contribution in [1.29, 1.82) is 0 Å². The molecular formula is C45H78FN5O7S. The molecule has 0 radical (unpaired) electrons. The summed E-state index contributed by atoms with van der Waals surface area (Å²) in [7, 11) is 3.19. The summed E-state index contributed by atoms with van der Waals surface area (Å²) in [6.45, 7) is 20.0. The first-order valence-electron chi connectivity index (χ1n) is 21.6. The van der Waals surface area contributed by atoms with Crippen molar-refractivity contribution in [1.82, 2.24) is 20.1 Å². The molecule has 14 heteroatoms. The van der Waals surface area contributed by atoms with Crippen LogP contribution in [0.2, 0.25) is 0 Å². The third-order valence-electron chi connectivity index (χ3n) is 10.1. The second-order valence-corrected chi connectivity index (χ2v) is 16.8. The molecule has 5 N–H and O–H groups in total. The van der Waals surface area contributed by atoms with Gasteiger partial charge in [0.15, 0.2) is 6.10 Å². The van der Waals surface area contributed by atoms with E-state index in [1.54, 1.807) is 25.3 Å². The van der Waals surface area contributed by atoms with Crippen molar-refractivity contribution in [3.8, 4) is 0 Å². The number of carbonyl (C=O) groups excluding carboxylic acids is 3. The Morgan fingerprint density at radius 3 is 2.17 bits per heavy atom. The van der Waals surface area contributed by atoms with Gasteiger partial charge < -0.3 is 35.8 Å². The Balaban J connectivity index is 0.00000268. The smallest absolute Gasteiger partial charge is 0.309 e. The van der Waals surface area contributed by atoms with Gasteiger partial charge in [-0.2, -0.15) is 0 Å². The first-order chi connectivity index (χ1) is 28.0. The number of anilines is 1. The van der Waals surface area contributed by atoms with Crippen LogP contribution in [0.25, 0.3) is 0 Å². The predicted octanol–water partition coefficient (Wildman–Crippen LogP) is 9.06. The number of carboxylic acids is 1. The minimum atomic E-state index is -1.18. The number of piperidine rings is 1. The fourth-order valence-corrected chi connectivity index (χ4v) is 7.58. The summed E-state index contributed by atoms with van der Waals surface area (Å²) >= 11 is 1.18. The van der Waals surface area contributed by atoms with E-state index in [2.05, 4.69) is 36.1 Å². The van der Waals surface area contributed by atoms with Gasteiger partial charge in [-0.1, -0.05) is 79.7 Å². The zero-order valence-corrected chi connectivity index (χ0v) is 38.9. The summed E-state index contributed by atoms with van der Waals surface area (Å²) in [6.07, 6.45) is 10.3. The molecule has 2 aromatic rings. The molecule has 3 unspecified atom stereocenters.